The topological polar surface area (TPSA) is 84.3 Å². The number of benzene rings is 3. The van der Waals surface area contributed by atoms with E-state index in [1.807, 2.05) is 74.5 Å². The van der Waals surface area contributed by atoms with Gasteiger partial charge in [-0.05, 0) is 55.2 Å². The van der Waals surface area contributed by atoms with Gasteiger partial charge in [-0.1, -0.05) is 56.3 Å². The Morgan fingerprint density at radius 2 is 1.58 bits per heavy atom. The van der Waals surface area contributed by atoms with E-state index in [-0.39, 0.29) is 29.3 Å². The van der Waals surface area contributed by atoms with Gasteiger partial charge in [0, 0.05) is 11.6 Å². The number of rotatable bonds is 2. The normalized spacial score (nSPS) is 25.5. The van der Waals surface area contributed by atoms with E-state index in [0.717, 1.165) is 16.7 Å². The molecule has 38 heavy (non-hydrogen) atoms. The molecule has 2 unspecified atom stereocenters. The molecule has 1 N–H and O–H groups in total. The lowest BCUT2D eigenvalue weighted by Gasteiger charge is -2.32. The van der Waals surface area contributed by atoms with Crippen LogP contribution >= 0.6 is 0 Å². The van der Waals surface area contributed by atoms with Gasteiger partial charge in [-0.3, -0.25) is 24.3 Å². The maximum absolute atomic E-state index is 14.5. The summed E-state index contributed by atoms with van der Waals surface area (Å²) >= 11 is 0. The number of hydrogen-bond acceptors (Lipinski definition) is 5. The summed E-state index contributed by atoms with van der Waals surface area (Å²) in [6, 6.07) is 20.4. The van der Waals surface area contributed by atoms with E-state index < -0.39 is 17.4 Å². The lowest BCUT2D eigenvalue weighted by Crippen LogP contribution is -2.51. The van der Waals surface area contributed by atoms with Gasteiger partial charge in [-0.25, -0.2) is 9.88 Å². The maximum Gasteiger partial charge on any atom is 0.266 e. The summed E-state index contributed by atoms with van der Waals surface area (Å²) in [5.74, 6) is -1.25. The molecule has 7 nitrogen and oxygen atoms in total. The number of fused-ring (bicyclic) bond motifs is 8. The Kier molecular flexibility index (Phi) is 4.68. The zero-order valence-electron chi connectivity index (χ0n) is 21.7. The Labute approximate surface area is 220 Å². The number of imide groups is 1. The molecule has 2 saturated heterocycles. The van der Waals surface area contributed by atoms with Gasteiger partial charge in [0.25, 0.3) is 5.56 Å². The molecule has 7 rings (SSSR count). The van der Waals surface area contributed by atoms with Crippen molar-refractivity contribution in [2.24, 2.45) is 17.8 Å². The molecule has 1 spiro atoms. The second kappa shape index (κ2) is 7.71. The molecule has 0 radical (unpaired) electrons. The fourth-order valence-corrected chi connectivity index (χ4v) is 6.94. The predicted octanol–water partition coefficient (Wildman–Crippen LogP) is 3.99. The van der Waals surface area contributed by atoms with Crippen LogP contribution in [0.1, 0.15) is 36.4 Å². The molecule has 3 aromatic carbocycles. The van der Waals surface area contributed by atoms with Crippen molar-refractivity contribution in [2.45, 2.75) is 39.3 Å². The molecule has 190 valence electrons. The molecular weight excluding hydrogens is 476 g/mol. The van der Waals surface area contributed by atoms with E-state index >= 15 is 0 Å². The molecule has 0 bridgehead atoms. The third-order valence-electron chi connectivity index (χ3n) is 8.83. The monoisotopic (exact) mass is 504 g/mol. The van der Waals surface area contributed by atoms with Crippen molar-refractivity contribution >= 4 is 28.4 Å². The van der Waals surface area contributed by atoms with E-state index in [1.54, 1.807) is 10.6 Å². The molecule has 7 heteroatoms. The maximum atomic E-state index is 14.5. The highest BCUT2D eigenvalue weighted by Crippen LogP contribution is 2.56. The summed E-state index contributed by atoms with van der Waals surface area (Å²) in [5, 5.41) is 4.26. The van der Waals surface area contributed by atoms with Crippen LogP contribution in [0.3, 0.4) is 0 Å². The SMILES string of the molecule is Cc1cccc(N2C(=O)[C@H]3C(C(C)C)NC4(c5ccccc5-n5c4nc4ccccc4c5=O)[C@H]3C2=O)c1C. The molecule has 0 aliphatic carbocycles. The zero-order valence-corrected chi connectivity index (χ0v) is 21.7. The predicted molar refractivity (Wildman–Crippen MR) is 145 cm³/mol. The number of nitrogens with zero attached hydrogens (tertiary/aromatic N) is 3. The average Bonchev–Trinajstić information content (AvgIpc) is 3.50. The van der Waals surface area contributed by atoms with Crippen LogP contribution in [0.15, 0.2) is 71.5 Å². The zero-order chi connectivity index (χ0) is 26.5. The summed E-state index contributed by atoms with van der Waals surface area (Å²) in [7, 11) is 0. The van der Waals surface area contributed by atoms with E-state index in [0.29, 0.717) is 28.1 Å². The highest BCUT2D eigenvalue weighted by molar-refractivity contribution is 6.23. The van der Waals surface area contributed by atoms with Crippen LogP contribution in [0.25, 0.3) is 16.6 Å². The third kappa shape index (κ3) is 2.67. The minimum absolute atomic E-state index is 0.0607. The molecule has 4 atom stereocenters. The molecule has 2 fully saturated rings. The first kappa shape index (κ1) is 23.0. The number of carbonyl (C=O) groups excluding carboxylic acids is 2. The second-order valence-electron chi connectivity index (χ2n) is 11.1. The van der Waals surface area contributed by atoms with Crippen LogP contribution in [0.5, 0.6) is 0 Å². The Morgan fingerprint density at radius 1 is 0.868 bits per heavy atom. The molecule has 2 amide bonds. The molecular formula is C31H28N4O3. The second-order valence-corrected chi connectivity index (χ2v) is 11.1. The number of amides is 2. The van der Waals surface area contributed by atoms with Crippen molar-refractivity contribution in [1.29, 1.82) is 0 Å². The van der Waals surface area contributed by atoms with Crippen LogP contribution in [-0.2, 0) is 15.1 Å². The van der Waals surface area contributed by atoms with Crippen molar-refractivity contribution in [3.8, 4) is 5.69 Å². The van der Waals surface area contributed by atoms with Gasteiger partial charge < -0.3 is 0 Å². The van der Waals surface area contributed by atoms with E-state index in [4.69, 9.17) is 4.98 Å². The van der Waals surface area contributed by atoms with Crippen molar-refractivity contribution < 1.29 is 9.59 Å². The molecule has 4 heterocycles. The van der Waals surface area contributed by atoms with Crippen LogP contribution in [-0.4, -0.2) is 27.4 Å². The number of carbonyl (C=O) groups is 2. The summed E-state index contributed by atoms with van der Waals surface area (Å²) in [5.41, 5.74) is 3.35. The van der Waals surface area contributed by atoms with Crippen molar-refractivity contribution in [3.05, 3.63) is 99.6 Å². The number of hydrogen-bond donors (Lipinski definition) is 1. The first-order chi connectivity index (χ1) is 18.3. The fourth-order valence-electron chi connectivity index (χ4n) is 6.94. The van der Waals surface area contributed by atoms with Crippen LogP contribution in [0.4, 0.5) is 5.69 Å². The standard InChI is InChI=1S/C31H28N4O3/c1-16(2)26-24-25(29(38)34(28(24)37)22-15-9-10-17(3)18(22)4)31(33-26)20-12-6-8-14-23(20)35-27(36)19-11-5-7-13-21(19)32-30(31)35/h5-16,24-26,33H,1-4H3/t24-,25-,26?,31?/m1/s1. The fraction of sp³-hybridized carbons (Fsp3) is 0.290. The summed E-state index contributed by atoms with van der Waals surface area (Å²) in [6.45, 7) is 8.05. The largest absolute Gasteiger partial charge is 0.296 e. The van der Waals surface area contributed by atoms with Crippen LogP contribution in [0.2, 0.25) is 0 Å². The van der Waals surface area contributed by atoms with Gasteiger partial charge in [0.1, 0.15) is 11.4 Å². The molecule has 1 aromatic heterocycles. The number of aryl methyl sites for hydroxylation is 1. The van der Waals surface area contributed by atoms with Gasteiger partial charge in [0.15, 0.2) is 0 Å². The first-order valence-corrected chi connectivity index (χ1v) is 13.1. The summed E-state index contributed by atoms with van der Waals surface area (Å²) in [6.07, 6.45) is 0. The van der Waals surface area contributed by atoms with Crippen LogP contribution < -0.4 is 15.8 Å². The first-order valence-electron chi connectivity index (χ1n) is 13.1. The van der Waals surface area contributed by atoms with E-state index in [1.165, 1.54) is 4.90 Å². The van der Waals surface area contributed by atoms with E-state index in [2.05, 4.69) is 19.2 Å². The highest BCUT2D eigenvalue weighted by atomic mass is 16.2. The molecule has 0 saturated carbocycles. The summed E-state index contributed by atoms with van der Waals surface area (Å²) in [4.78, 5) is 49.0. The Morgan fingerprint density at radius 3 is 2.37 bits per heavy atom. The minimum atomic E-state index is -1.11. The lowest BCUT2D eigenvalue weighted by molar-refractivity contribution is -0.123. The Balaban J connectivity index is 1.54. The average molecular weight is 505 g/mol. The van der Waals surface area contributed by atoms with Gasteiger partial charge in [0.05, 0.1) is 34.1 Å². The van der Waals surface area contributed by atoms with Crippen LogP contribution in [0, 0.1) is 31.6 Å². The number of para-hydroxylation sites is 2. The minimum Gasteiger partial charge on any atom is -0.296 e. The quantitative estimate of drug-likeness (QED) is 0.418. The van der Waals surface area contributed by atoms with Crippen molar-refractivity contribution in [2.75, 3.05) is 4.90 Å². The third-order valence-corrected chi connectivity index (χ3v) is 8.83. The number of nitrogens with one attached hydrogen (secondary N) is 1. The number of anilines is 1. The van der Waals surface area contributed by atoms with Gasteiger partial charge >= 0.3 is 0 Å². The van der Waals surface area contributed by atoms with Gasteiger partial charge in [-0.15, -0.1) is 0 Å². The lowest BCUT2D eigenvalue weighted by atomic mass is 9.75. The Bertz CT molecular complexity index is 1760. The Hall–Kier alpha value is -4.10. The smallest absolute Gasteiger partial charge is 0.266 e. The molecule has 3 aliphatic heterocycles. The van der Waals surface area contributed by atoms with Gasteiger partial charge in [-0.2, -0.15) is 0 Å². The highest BCUT2D eigenvalue weighted by Gasteiger charge is 2.70. The van der Waals surface area contributed by atoms with Crippen molar-refractivity contribution in [3.63, 3.8) is 0 Å². The number of aromatic nitrogens is 2. The van der Waals surface area contributed by atoms with Gasteiger partial charge in [0.2, 0.25) is 11.8 Å². The summed E-state index contributed by atoms with van der Waals surface area (Å²) < 4.78 is 1.64. The van der Waals surface area contributed by atoms with E-state index in [9.17, 15) is 14.4 Å². The van der Waals surface area contributed by atoms with Crippen molar-refractivity contribution in [1.82, 2.24) is 14.9 Å². The molecule has 4 aromatic rings. The molecule has 3 aliphatic rings.